The van der Waals surface area contributed by atoms with Crippen molar-refractivity contribution in [1.82, 2.24) is 30.0 Å². The molecular formula is C34H45N7O3. The van der Waals surface area contributed by atoms with Gasteiger partial charge in [-0.3, -0.25) is 19.3 Å². The van der Waals surface area contributed by atoms with Crippen molar-refractivity contribution in [1.29, 1.82) is 0 Å². The quantitative estimate of drug-likeness (QED) is 0.463. The van der Waals surface area contributed by atoms with E-state index in [0.29, 0.717) is 24.5 Å². The van der Waals surface area contributed by atoms with Gasteiger partial charge in [-0.2, -0.15) is 0 Å². The largest absolute Gasteiger partial charge is 0.368 e. The number of hydrogen-bond donors (Lipinski definition) is 2. The third kappa shape index (κ3) is 5.79. The van der Waals surface area contributed by atoms with Crippen molar-refractivity contribution in [2.45, 2.75) is 71.6 Å². The Morgan fingerprint density at radius 1 is 0.909 bits per heavy atom. The molecule has 0 saturated carbocycles. The molecule has 3 aliphatic heterocycles. The average molecular weight is 600 g/mol. The average Bonchev–Trinajstić information content (AvgIpc) is 3.73. The molecule has 0 radical (unpaired) electrons. The second-order valence-corrected chi connectivity index (χ2v) is 14.6. The van der Waals surface area contributed by atoms with Crippen LogP contribution >= 0.6 is 0 Å². The zero-order valence-corrected chi connectivity index (χ0v) is 26.8. The van der Waals surface area contributed by atoms with E-state index in [1.165, 1.54) is 0 Å². The van der Waals surface area contributed by atoms with Crippen LogP contribution in [0.15, 0.2) is 48.7 Å². The molecule has 5 heterocycles. The van der Waals surface area contributed by atoms with E-state index in [0.717, 1.165) is 49.2 Å². The summed E-state index contributed by atoms with van der Waals surface area (Å²) < 4.78 is 0. The molecular weight excluding hydrogens is 554 g/mol. The van der Waals surface area contributed by atoms with Crippen molar-refractivity contribution in [3.63, 3.8) is 0 Å². The van der Waals surface area contributed by atoms with Crippen LogP contribution in [0.1, 0.15) is 68.9 Å². The molecule has 3 atom stereocenters. The van der Waals surface area contributed by atoms with Gasteiger partial charge in [0.05, 0.1) is 24.0 Å². The van der Waals surface area contributed by atoms with Gasteiger partial charge in [0.1, 0.15) is 17.4 Å². The van der Waals surface area contributed by atoms with Crippen LogP contribution in [0.5, 0.6) is 0 Å². The Hall–Kier alpha value is -3.92. The zero-order chi connectivity index (χ0) is 31.4. The third-order valence-corrected chi connectivity index (χ3v) is 9.51. The van der Waals surface area contributed by atoms with Crippen molar-refractivity contribution in [3.05, 3.63) is 60.0 Å². The molecule has 0 spiro atoms. The van der Waals surface area contributed by atoms with E-state index in [-0.39, 0.29) is 35.3 Å². The van der Waals surface area contributed by atoms with Gasteiger partial charge < -0.3 is 25.0 Å². The van der Waals surface area contributed by atoms with Crippen LogP contribution < -0.4 is 10.2 Å². The van der Waals surface area contributed by atoms with Crippen molar-refractivity contribution >= 4 is 34.3 Å². The number of benzene rings is 1. The van der Waals surface area contributed by atoms with Gasteiger partial charge in [-0.25, -0.2) is 4.98 Å². The molecule has 2 aromatic heterocycles. The van der Waals surface area contributed by atoms with E-state index in [4.69, 9.17) is 0 Å². The van der Waals surface area contributed by atoms with Crippen LogP contribution in [0, 0.1) is 5.41 Å². The van der Waals surface area contributed by atoms with Crippen LogP contribution in [0.4, 0.5) is 5.69 Å². The number of anilines is 1. The number of fused-ring (bicyclic) bond motifs is 3. The van der Waals surface area contributed by atoms with Crippen LogP contribution in [-0.4, -0.2) is 105 Å². The first-order chi connectivity index (χ1) is 20.8. The summed E-state index contributed by atoms with van der Waals surface area (Å²) in [7, 11) is 0. The normalized spacial score (nSPS) is 21.6. The van der Waals surface area contributed by atoms with Crippen molar-refractivity contribution in [2.24, 2.45) is 5.41 Å². The second kappa shape index (κ2) is 11.2. The molecule has 2 bridgehead atoms. The van der Waals surface area contributed by atoms with Gasteiger partial charge in [0.25, 0.3) is 11.8 Å². The summed E-state index contributed by atoms with van der Waals surface area (Å²) in [5.41, 5.74) is 2.44. The minimum absolute atomic E-state index is 0.0616. The highest BCUT2D eigenvalue weighted by Gasteiger charge is 2.50. The van der Waals surface area contributed by atoms with Crippen LogP contribution in [-0.2, 0) is 4.79 Å². The molecule has 3 aliphatic rings. The van der Waals surface area contributed by atoms with Crippen molar-refractivity contribution < 1.29 is 14.4 Å². The Labute approximate surface area is 259 Å². The summed E-state index contributed by atoms with van der Waals surface area (Å²) >= 11 is 0. The SMILES string of the molecule is CC(C)(C)[C@H](NC(=O)c1cc2ccccc2[nH]1)C(=O)N1C[C@@H]2C[C@H]1CN2C(=O)c1ccc(N2CCN(C(C)(C)C)CC2)cn1. The maximum atomic E-state index is 13.9. The molecule has 3 aromatic rings. The zero-order valence-electron chi connectivity index (χ0n) is 26.8. The number of pyridine rings is 1. The van der Waals surface area contributed by atoms with Gasteiger partial charge in [0, 0.05) is 55.7 Å². The number of carbonyl (C=O) groups excluding carboxylic acids is 3. The molecule has 6 rings (SSSR count). The molecule has 2 N–H and O–H groups in total. The maximum absolute atomic E-state index is 13.9. The molecule has 10 nitrogen and oxygen atoms in total. The number of H-pyrrole nitrogens is 1. The first-order valence-electron chi connectivity index (χ1n) is 15.8. The number of carbonyl (C=O) groups is 3. The minimum Gasteiger partial charge on any atom is -0.368 e. The van der Waals surface area contributed by atoms with Gasteiger partial charge in [-0.05, 0) is 56.9 Å². The fourth-order valence-corrected chi connectivity index (χ4v) is 6.89. The monoisotopic (exact) mass is 599 g/mol. The second-order valence-electron chi connectivity index (χ2n) is 14.6. The number of aromatic amines is 1. The number of nitrogens with zero attached hydrogens (tertiary/aromatic N) is 5. The Morgan fingerprint density at radius 3 is 2.18 bits per heavy atom. The molecule has 0 aliphatic carbocycles. The van der Waals surface area contributed by atoms with Crippen LogP contribution in [0.2, 0.25) is 0 Å². The molecule has 1 aromatic carbocycles. The van der Waals surface area contributed by atoms with E-state index in [1.54, 1.807) is 0 Å². The lowest BCUT2D eigenvalue weighted by Crippen LogP contribution is -2.59. The standard InChI is InChI=1S/C34H45N7O3/c1-33(2,3)29(37-30(42)28-17-22-9-7-8-10-26(22)36-28)32(44)41-21-24-18-25(41)20-40(24)31(43)27-12-11-23(19-35-27)38-13-15-39(16-14-38)34(4,5)6/h7-12,17,19,24-25,29,36H,13-16,18,20-21H2,1-6H3,(H,37,42)/t24-,25-,29+/m0/s1. The highest BCUT2D eigenvalue weighted by Crippen LogP contribution is 2.34. The van der Waals surface area contributed by atoms with Gasteiger partial charge in [0.15, 0.2) is 0 Å². The van der Waals surface area contributed by atoms with E-state index < -0.39 is 11.5 Å². The van der Waals surface area contributed by atoms with E-state index >= 15 is 0 Å². The summed E-state index contributed by atoms with van der Waals surface area (Å²) in [5.74, 6) is -0.495. The lowest BCUT2D eigenvalue weighted by molar-refractivity contribution is -0.138. The van der Waals surface area contributed by atoms with Gasteiger partial charge in [0.2, 0.25) is 5.91 Å². The van der Waals surface area contributed by atoms with Gasteiger partial charge in [-0.1, -0.05) is 39.0 Å². The molecule has 3 fully saturated rings. The van der Waals surface area contributed by atoms with Crippen LogP contribution in [0.25, 0.3) is 10.9 Å². The molecule has 44 heavy (non-hydrogen) atoms. The molecule has 234 valence electrons. The van der Waals surface area contributed by atoms with Crippen LogP contribution in [0.3, 0.4) is 0 Å². The van der Waals surface area contributed by atoms with Crippen molar-refractivity contribution in [2.75, 3.05) is 44.2 Å². The summed E-state index contributed by atoms with van der Waals surface area (Å²) in [6.45, 7) is 17.4. The lowest BCUT2D eigenvalue weighted by atomic mass is 9.85. The number of para-hydroxylation sites is 1. The molecule has 3 saturated heterocycles. The highest BCUT2D eigenvalue weighted by molar-refractivity contribution is 6.00. The number of likely N-dealkylation sites (tertiary alicyclic amines) is 2. The minimum atomic E-state index is -0.704. The lowest BCUT2D eigenvalue weighted by Gasteiger charge is -2.43. The number of piperazine rings is 2. The fourth-order valence-electron chi connectivity index (χ4n) is 6.89. The third-order valence-electron chi connectivity index (χ3n) is 9.51. The molecule has 3 amide bonds. The number of amides is 3. The van der Waals surface area contributed by atoms with Gasteiger partial charge >= 0.3 is 0 Å². The summed E-state index contributed by atoms with van der Waals surface area (Å²) in [4.78, 5) is 56.9. The predicted molar refractivity (Wildman–Crippen MR) is 172 cm³/mol. The maximum Gasteiger partial charge on any atom is 0.272 e. The Morgan fingerprint density at radius 2 is 1.59 bits per heavy atom. The predicted octanol–water partition coefficient (Wildman–Crippen LogP) is 3.75. The first kappa shape index (κ1) is 30.1. The van der Waals surface area contributed by atoms with E-state index in [9.17, 15) is 14.4 Å². The summed E-state index contributed by atoms with van der Waals surface area (Å²) in [5, 5.41) is 3.96. The first-order valence-corrected chi connectivity index (χ1v) is 15.8. The number of hydrogen-bond acceptors (Lipinski definition) is 6. The van der Waals surface area contributed by atoms with E-state index in [2.05, 4.69) is 45.9 Å². The Bertz CT molecular complexity index is 1510. The molecule has 10 heteroatoms. The van der Waals surface area contributed by atoms with Crippen molar-refractivity contribution in [3.8, 4) is 0 Å². The topological polar surface area (TPSA) is 105 Å². The van der Waals surface area contributed by atoms with E-state index in [1.807, 2.05) is 79.2 Å². The number of rotatable bonds is 5. The highest BCUT2D eigenvalue weighted by atomic mass is 16.2. The number of nitrogens with one attached hydrogen (secondary N) is 2. The van der Waals surface area contributed by atoms with Gasteiger partial charge in [-0.15, -0.1) is 0 Å². The summed E-state index contributed by atoms with van der Waals surface area (Å²) in [6.07, 6.45) is 2.55. The number of aromatic nitrogens is 2. The Balaban J connectivity index is 1.08. The fraction of sp³-hybridized carbons (Fsp3) is 0.529. The smallest absolute Gasteiger partial charge is 0.272 e. The molecule has 0 unspecified atom stereocenters. The summed E-state index contributed by atoms with van der Waals surface area (Å²) in [6, 6.07) is 12.5. The Kier molecular flexibility index (Phi) is 7.68.